The molecule has 2 aliphatic rings. The molecule has 0 aliphatic heterocycles. The van der Waals surface area contributed by atoms with Gasteiger partial charge in [0, 0.05) is 17.3 Å². The molecule has 0 saturated heterocycles. The normalized spacial score (nSPS) is 17.9. The lowest BCUT2D eigenvalue weighted by atomic mass is 9.60. The Kier molecular flexibility index (Phi) is 5.11. The van der Waals surface area contributed by atoms with Crippen LogP contribution in [0.4, 0.5) is 0 Å². The van der Waals surface area contributed by atoms with Crippen LogP contribution in [0.1, 0.15) is 59.4 Å². The first-order chi connectivity index (χ1) is 16.7. The minimum Gasteiger partial charge on any atom is -0.103 e. The molecule has 0 heterocycles. The molecule has 4 aromatic rings. The van der Waals surface area contributed by atoms with Gasteiger partial charge in [-0.1, -0.05) is 122 Å². The van der Waals surface area contributed by atoms with E-state index in [1.165, 1.54) is 44.5 Å². The molecular weight excluding hydrogens is 408 g/mol. The third-order valence-corrected chi connectivity index (χ3v) is 8.10. The van der Waals surface area contributed by atoms with Gasteiger partial charge in [0.2, 0.25) is 0 Å². The lowest BCUT2D eigenvalue weighted by Gasteiger charge is -2.42. The van der Waals surface area contributed by atoms with E-state index in [2.05, 4.69) is 123 Å². The zero-order valence-electron chi connectivity index (χ0n) is 19.7. The first kappa shape index (κ1) is 20.9. The Morgan fingerprint density at radius 1 is 0.676 bits per heavy atom. The van der Waals surface area contributed by atoms with Crippen LogP contribution >= 0.6 is 0 Å². The molecule has 0 N–H and O–H groups in total. The van der Waals surface area contributed by atoms with E-state index >= 15 is 0 Å². The molecule has 0 heteroatoms. The average molecular weight is 439 g/mol. The van der Waals surface area contributed by atoms with Crippen LogP contribution in [-0.2, 0) is 5.41 Å². The largest absolute Gasteiger partial charge is 0.103 e. The van der Waals surface area contributed by atoms with Gasteiger partial charge in [-0.25, -0.2) is 0 Å². The summed E-state index contributed by atoms with van der Waals surface area (Å²) in [4.78, 5) is 0. The third kappa shape index (κ3) is 3.06. The second-order valence-corrected chi connectivity index (χ2v) is 9.84. The van der Waals surface area contributed by atoms with Crippen molar-refractivity contribution < 1.29 is 0 Å². The summed E-state index contributed by atoms with van der Waals surface area (Å²) in [5.74, 6) is 0.561. The molecule has 2 atom stereocenters. The van der Waals surface area contributed by atoms with Crippen molar-refractivity contribution in [3.05, 3.63) is 150 Å². The van der Waals surface area contributed by atoms with E-state index in [0.717, 1.165) is 12.8 Å². The molecule has 166 valence electrons. The number of hydrogen-bond donors (Lipinski definition) is 0. The first-order valence-corrected chi connectivity index (χ1v) is 12.4. The number of allylic oxidation sites excluding steroid dienone is 3. The smallest absolute Gasteiger partial charge is 0.0205 e. The van der Waals surface area contributed by atoms with Crippen molar-refractivity contribution >= 4 is 5.57 Å². The maximum absolute atomic E-state index is 3.98. The molecule has 0 bridgehead atoms. The van der Waals surface area contributed by atoms with Gasteiger partial charge in [-0.2, -0.15) is 0 Å². The zero-order chi connectivity index (χ0) is 23.1. The van der Waals surface area contributed by atoms with Crippen molar-refractivity contribution in [2.75, 3.05) is 0 Å². The van der Waals surface area contributed by atoms with Gasteiger partial charge in [-0.3, -0.25) is 0 Å². The first-order valence-electron chi connectivity index (χ1n) is 12.4. The van der Waals surface area contributed by atoms with Gasteiger partial charge in [0.1, 0.15) is 0 Å². The van der Waals surface area contributed by atoms with E-state index in [-0.39, 0.29) is 17.3 Å². The quantitative estimate of drug-likeness (QED) is 0.264. The van der Waals surface area contributed by atoms with Crippen LogP contribution in [0.3, 0.4) is 0 Å². The SMILES string of the molecule is C=CCCC1=CC(C(C)(c2ccccc2)C2c3ccccc3-c3ccccc32)c2ccccc21. The van der Waals surface area contributed by atoms with Gasteiger partial charge in [0.15, 0.2) is 0 Å². The summed E-state index contributed by atoms with van der Waals surface area (Å²) in [5, 5.41) is 0. The molecule has 2 unspecified atom stereocenters. The summed E-state index contributed by atoms with van der Waals surface area (Å²) in [5.41, 5.74) is 11.2. The monoisotopic (exact) mass is 438 g/mol. The molecule has 0 fully saturated rings. The van der Waals surface area contributed by atoms with Crippen LogP contribution in [0.5, 0.6) is 0 Å². The van der Waals surface area contributed by atoms with Gasteiger partial charge < -0.3 is 0 Å². The summed E-state index contributed by atoms with van der Waals surface area (Å²) in [6, 6.07) is 38.3. The van der Waals surface area contributed by atoms with E-state index < -0.39 is 0 Å². The molecule has 0 amide bonds. The summed E-state index contributed by atoms with van der Waals surface area (Å²) >= 11 is 0. The van der Waals surface area contributed by atoms with Gasteiger partial charge in [-0.15, -0.1) is 6.58 Å². The third-order valence-electron chi connectivity index (χ3n) is 8.10. The Labute approximate surface area is 203 Å². The van der Waals surface area contributed by atoms with Gasteiger partial charge in [-0.05, 0) is 57.4 Å². The fourth-order valence-corrected chi connectivity index (χ4v) is 6.54. The fraction of sp³-hybridized carbons (Fsp3) is 0.176. The molecule has 0 radical (unpaired) electrons. The highest BCUT2D eigenvalue weighted by molar-refractivity contribution is 5.81. The Hall–Kier alpha value is -3.64. The number of benzene rings is 4. The molecule has 0 aromatic heterocycles. The van der Waals surface area contributed by atoms with Crippen LogP contribution in [0.15, 0.2) is 122 Å². The molecule has 2 aliphatic carbocycles. The topological polar surface area (TPSA) is 0 Å². The number of hydrogen-bond acceptors (Lipinski definition) is 0. The molecule has 6 rings (SSSR count). The second-order valence-electron chi connectivity index (χ2n) is 9.84. The van der Waals surface area contributed by atoms with Crippen LogP contribution in [0.2, 0.25) is 0 Å². The summed E-state index contributed by atoms with van der Waals surface area (Å²) < 4.78 is 0. The Balaban J connectivity index is 1.62. The minimum absolute atomic E-state index is 0.143. The van der Waals surface area contributed by atoms with E-state index in [1.54, 1.807) is 0 Å². The highest BCUT2D eigenvalue weighted by Crippen LogP contribution is 2.60. The van der Waals surface area contributed by atoms with Crippen molar-refractivity contribution in [3.8, 4) is 11.1 Å². The summed E-state index contributed by atoms with van der Waals surface area (Å²) in [7, 11) is 0. The van der Waals surface area contributed by atoms with Gasteiger partial charge in [0.05, 0.1) is 0 Å². The molecular formula is C34H30. The highest BCUT2D eigenvalue weighted by Gasteiger charge is 2.49. The summed E-state index contributed by atoms with van der Waals surface area (Å²) in [6.45, 7) is 6.48. The van der Waals surface area contributed by atoms with Crippen molar-refractivity contribution in [1.29, 1.82) is 0 Å². The minimum atomic E-state index is -0.143. The molecule has 34 heavy (non-hydrogen) atoms. The second kappa shape index (κ2) is 8.29. The van der Waals surface area contributed by atoms with Crippen LogP contribution < -0.4 is 0 Å². The Bertz CT molecular complexity index is 1340. The van der Waals surface area contributed by atoms with E-state index in [9.17, 15) is 0 Å². The van der Waals surface area contributed by atoms with Crippen LogP contribution in [0, 0.1) is 0 Å². The number of rotatable bonds is 6. The van der Waals surface area contributed by atoms with Crippen molar-refractivity contribution in [1.82, 2.24) is 0 Å². The summed E-state index contributed by atoms with van der Waals surface area (Å²) in [6.07, 6.45) is 6.66. The van der Waals surface area contributed by atoms with Gasteiger partial charge >= 0.3 is 0 Å². The maximum atomic E-state index is 3.98. The maximum Gasteiger partial charge on any atom is 0.0205 e. The van der Waals surface area contributed by atoms with Crippen LogP contribution in [0.25, 0.3) is 16.7 Å². The standard InChI is InChI=1S/C34H30/c1-3-4-14-24-23-32(29-20-11-8-17-26(24)29)34(2,25-15-6-5-7-16-25)33-30-21-12-9-18-27(30)28-19-10-13-22-31(28)33/h3,5-13,15-23,32-33H,1,4,14H2,2H3. The predicted octanol–water partition coefficient (Wildman–Crippen LogP) is 8.90. The fourth-order valence-electron chi connectivity index (χ4n) is 6.54. The van der Waals surface area contributed by atoms with Crippen molar-refractivity contribution in [2.24, 2.45) is 0 Å². The highest BCUT2D eigenvalue weighted by atomic mass is 14.5. The molecule has 0 nitrogen and oxygen atoms in total. The Morgan fingerprint density at radius 3 is 1.82 bits per heavy atom. The van der Waals surface area contributed by atoms with Crippen LogP contribution in [-0.4, -0.2) is 0 Å². The zero-order valence-corrected chi connectivity index (χ0v) is 19.7. The predicted molar refractivity (Wildman–Crippen MR) is 144 cm³/mol. The average Bonchev–Trinajstić information content (AvgIpc) is 3.44. The van der Waals surface area contributed by atoms with E-state index in [1.807, 2.05) is 6.08 Å². The Morgan fingerprint density at radius 2 is 1.21 bits per heavy atom. The lowest BCUT2D eigenvalue weighted by molar-refractivity contribution is 0.381. The van der Waals surface area contributed by atoms with E-state index in [4.69, 9.17) is 0 Å². The molecule has 4 aromatic carbocycles. The number of fused-ring (bicyclic) bond motifs is 4. The molecule has 0 spiro atoms. The van der Waals surface area contributed by atoms with Crippen molar-refractivity contribution in [2.45, 2.75) is 37.0 Å². The van der Waals surface area contributed by atoms with E-state index in [0.29, 0.717) is 0 Å². The van der Waals surface area contributed by atoms with Gasteiger partial charge in [0.25, 0.3) is 0 Å². The lowest BCUT2D eigenvalue weighted by Crippen LogP contribution is -2.36. The van der Waals surface area contributed by atoms with Crippen molar-refractivity contribution in [3.63, 3.8) is 0 Å². The molecule has 0 saturated carbocycles.